The van der Waals surface area contributed by atoms with E-state index < -0.39 is 0 Å². The third-order valence-corrected chi connectivity index (χ3v) is 4.38. The van der Waals surface area contributed by atoms with Crippen LogP contribution in [0.2, 0.25) is 0 Å². The zero-order chi connectivity index (χ0) is 12.3. The fourth-order valence-corrected chi connectivity index (χ4v) is 3.38. The highest BCUT2D eigenvalue weighted by Gasteiger charge is 2.42. The van der Waals surface area contributed by atoms with Crippen molar-refractivity contribution in [3.05, 3.63) is 0 Å². The fourth-order valence-electron chi connectivity index (χ4n) is 3.38. The Balaban J connectivity index is 1.98. The molecule has 0 bridgehead atoms. The maximum Gasteiger partial charge on any atom is 0.0565 e. The lowest BCUT2D eigenvalue weighted by Gasteiger charge is -2.46. The predicted molar refractivity (Wildman–Crippen MR) is 68.0 cm³/mol. The van der Waals surface area contributed by atoms with Gasteiger partial charge >= 0.3 is 0 Å². The zero-order valence-corrected chi connectivity index (χ0v) is 11.2. The second kappa shape index (κ2) is 5.65. The lowest BCUT2D eigenvalue weighted by atomic mass is 9.85. The quantitative estimate of drug-likeness (QED) is 0.794. The van der Waals surface area contributed by atoms with Gasteiger partial charge in [-0.2, -0.15) is 0 Å². The molecule has 0 amide bonds. The van der Waals surface area contributed by atoms with Crippen LogP contribution in [-0.2, 0) is 9.47 Å². The van der Waals surface area contributed by atoms with Gasteiger partial charge in [0.25, 0.3) is 0 Å². The molecule has 3 atom stereocenters. The molecule has 4 heteroatoms. The summed E-state index contributed by atoms with van der Waals surface area (Å²) in [6.45, 7) is 6.94. The first-order valence-corrected chi connectivity index (χ1v) is 6.76. The summed E-state index contributed by atoms with van der Waals surface area (Å²) in [7, 11) is 1.79. The molecule has 2 aliphatic heterocycles. The lowest BCUT2D eigenvalue weighted by Crippen LogP contribution is -2.57. The SMILES string of the molecule is COCC1CCN(C2(CN)CCOC(C)C2)C1. The molecule has 2 fully saturated rings. The Morgan fingerprint density at radius 2 is 2.35 bits per heavy atom. The molecule has 2 N–H and O–H groups in total. The molecule has 0 aromatic carbocycles. The van der Waals surface area contributed by atoms with E-state index in [9.17, 15) is 0 Å². The van der Waals surface area contributed by atoms with Gasteiger partial charge in [-0.15, -0.1) is 0 Å². The molecule has 3 unspecified atom stereocenters. The van der Waals surface area contributed by atoms with Crippen LogP contribution in [0.5, 0.6) is 0 Å². The zero-order valence-electron chi connectivity index (χ0n) is 11.2. The Hall–Kier alpha value is -0.160. The van der Waals surface area contributed by atoms with Crippen molar-refractivity contribution in [3.8, 4) is 0 Å². The molecule has 2 aliphatic rings. The van der Waals surface area contributed by atoms with E-state index in [0.717, 1.165) is 45.7 Å². The molecule has 0 aliphatic carbocycles. The van der Waals surface area contributed by atoms with Crippen LogP contribution < -0.4 is 5.73 Å². The van der Waals surface area contributed by atoms with Crippen LogP contribution in [0, 0.1) is 5.92 Å². The Morgan fingerprint density at radius 1 is 1.53 bits per heavy atom. The number of nitrogens with zero attached hydrogens (tertiary/aromatic N) is 1. The first-order valence-electron chi connectivity index (χ1n) is 6.76. The maximum atomic E-state index is 6.07. The first-order chi connectivity index (χ1) is 8.20. The minimum absolute atomic E-state index is 0.181. The summed E-state index contributed by atoms with van der Waals surface area (Å²) >= 11 is 0. The average Bonchev–Trinajstić information content (AvgIpc) is 2.78. The van der Waals surface area contributed by atoms with Crippen molar-refractivity contribution >= 4 is 0 Å². The third-order valence-electron chi connectivity index (χ3n) is 4.38. The van der Waals surface area contributed by atoms with Crippen LogP contribution in [0.1, 0.15) is 26.2 Å². The van der Waals surface area contributed by atoms with Crippen molar-refractivity contribution in [2.24, 2.45) is 11.7 Å². The molecule has 0 saturated carbocycles. The van der Waals surface area contributed by atoms with E-state index in [1.807, 2.05) is 0 Å². The second-order valence-electron chi connectivity index (χ2n) is 5.62. The topological polar surface area (TPSA) is 47.7 Å². The van der Waals surface area contributed by atoms with Gasteiger partial charge in [0.05, 0.1) is 12.7 Å². The molecule has 0 aromatic rings. The second-order valence-corrected chi connectivity index (χ2v) is 5.62. The highest BCUT2D eigenvalue weighted by Crippen LogP contribution is 2.34. The van der Waals surface area contributed by atoms with Crippen LogP contribution in [0.25, 0.3) is 0 Å². The van der Waals surface area contributed by atoms with E-state index in [4.69, 9.17) is 15.2 Å². The van der Waals surface area contributed by atoms with Crippen LogP contribution in [0.3, 0.4) is 0 Å². The van der Waals surface area contributed by atoms with E-state index >= 15 is 0 Å². The molecule has 2 heterocycles. The van der Waals surface area contributed by atoms with Gasteiger partial charge in [-0.1, -0.05) is 0 Å². The molecule has 0 spiro atoms. The molecule has 0 aromatic heterocycles. The van der Waals surface area contributed by atoms with Crippen LogP contribution in [-0.4, -0.2) is 56.5 Å². The van der Waals surface area contributed by atoms with Crippen LogP contribution in [0.15, 0.2) is 0 Å². The van der Waals surface area contributed by atoms with Crippen molar-refractivity contribution in [3.63, 3.8) is 0 Å². The summed E-state index contributed by atoms with van der Waals surface area (Å²) in [6, 6.07) is 0. The molecule has 0 radical (unpaired) electrons. The molecule has 2 rings (SSSR count). The number of rotatable bonds is 4. The molecular formula is C13H26N2O2. The van der Waals surface area contributed by atoms with Gasteiger partial charge in [-0.25, -0.2) is 0 Å². The summed E-state index contributed by atoms with van der Waals surface area (Å²) in [6.07, 6.45) is 3.73. The summed E-state index contributed by atoms with van der Waals surface area (Å²) in [4.78, 5) is 2.59. The van der Waals surface area contributed by atoms with Crippen LogP contribution >= 0.6 is 0 Å². The van der Waals surface area contributed by atoms with Crippen molar-refractivity contribution in [1.29, 1.82) is 0 Å². The third kappa shape index (κ3) is 2.81. The largest absolute Gasteiger partial charge is 0.384 e. The van der Waals surface area contributed by atoms with E-state index in [2.05, 4.69) is 11.8 Å². The highest BCUT2D eigenvalue weighted by atomic mass is 16.5. The normalized spacial score (nSPS) is 39.7. The summed E-state index contributed by atoms with van der Waals surface area (Å²) in [5.74, 6) is 0.682. The monoisotopic (exact) mass is 242 g/mol. The highest BCUT2D eigenvalue weighted by molar-refractivity contribution is 4.98. The number of hydrogen-bond acceptors (Lipinski definition) is 4. The summed E-state index contributed by atoms with van der Waals surface area (Å²) in [5, 5.41) is 0. The molecule has 17 heavy (non-hydrogen) atoms. The standard InChI is InChI=1S/C13H26N2O2/c1-11-7-13(10-14,4-6-17-11)15-5-3-12(8-15)9-16-2/h11-12H,3-10,14H2,1-2H3. The number of likely N-dealkylation sites (tertiary alicyclic amines) is 1. The molecule has 100 valence electrons. The lowest BCUT2D eigenvalue weighted by molar-refractivity contribution is -0.0584. The van der Waals surface area contributed by atoms with Gasteiger partial charge in [0.2, 0.25) is 0 Å². The van der Waals surface area contributed by atoms with Crippen molar-refractivity contribution in [2.75, 3.05) is 40.0 Å². The molecule has 2 saturated heterocycles. The van der Waals surface area contributed by atoms with Crippen molar-refractivity contribution < 1.29 is 9.47 Å². The summed E-state index contributed by atoms with van der Waals surface area (Å²) < 4.78 is 10.9. The van der Waals surface area contributed by atoms with E-state index in [0.29, 0.717) is 12.0 Å². The van der Waals surface area contributed by atoms with Gasteiger partial charge in [-0.3, -0.25) is 4.90 Å². The molecule has 4 nitrogen and oxygen atoms in total. The Morgan fingerprint density at radius 3 is 3.00 bits per heavy atom. The Kier molecular flexibility index (Phi) is 4.42. The van der Waals surface area contributed by atoms with Gasteiger partial charge < -0.3 is 15.2 Å². The molecular weight excluding hydrogens is 216 g/mol. The predicted octanol–water partition coefficient (Wildman–Crippen LogP) is 0.851. The maximum absolute atomic E-state index is 6.07. The number of nitrogens with two attached hydrogens (primary N) is 1. The van der Waals surface area contributed by atoms with Gasteiger partial charge in [0, 0.05) is 32.3 Å². The fraction of sp³-hybridized carbons (Fsp3) is 1.00. The van der Waals surface area contributed by atoms with Crippen molar-refractivity contribution in [2.45, 2.75) is 37.8 Å². The minimum atomic E-state index is 0.181. The first kappa shape index (κ1) is 13.3. The van der Waals surface area contributed by atoms with Gasteiger partial charge in [0.1, 0.15) is 0 Å². The van der Waals surface area contributed by atoms with Gasteiger partial charge in [0.15, 0.2) is 0 Å². The number of hydrogen-bond donors (Lipinski definition) is 1. The number of methoxy groups -OCH3 is 1. The van der Waals surface area contributed by atoms with E-state index in [1.54, 1.807) is 7.11 Å². The smallest absolute Gasteiger partial charge is 0.0565 e. The van der Waals surface area contributed by atoms with Crippen molar-refractivity contribution in [1.82, 2.24) is 4.90 Å². The van der Waals surface area contributed by atoms with Crippen LogP contribution in [0.4, 0.5) is 0 Å². The minimum Gasteiger partial charge on any atom is -0.384 e. The Labute approximate surface area is 104 Å². The number of ether oxygens (including phenoxy) is 2. The van der Waals surface area contributed by atoms with E-state index in [-0.39, 0.29) is 5.54 Å². The summed E-state index contributed by atoms with van der Waals surface area (Å²) in [5.41, 5.74) is 6.25. The van der Waals surface area contributed by atoms with E-state index in [1.165, 1.54) is 6.42 Å². The van der Waals surface area contributed by atoms with Gasteiger partial charge in [-0.05, 0) is 38.6 Å². The average molecular weight is 242 g/mol. The Bertz CT molecular complexity index is 250.